The predicted molar refractivity (Wildman–Crippen MR) is 58.5 cm³/mol. The standard InChI is InChI=1S/C11H13F3N2O/c1-2-16(7-11(12,13)14)10(17)8-4-3-5-9(15)6-8/h3-6H,2,7,15H2,1H3. The van der Waals surface area contributed by atoms with Crippen LogP contribution in [-0.2, 0) is 0 Å². The van der Waals surface area contributed by atoms with Gasteiger partial charge in [-0.2, -0.15) is 13.2 Å². The van der Waals surface area contributed by atoms with Gasteiger partial charge in [0.1, 0.15) is 6.54 Å². The van der Waals surface area contributed by atoms with E-state index >= 15 is 0 Å². The number of alkyl halides is 3. The van der Waals surface area contributed by atoms with Crippen LogP contribution in [0.3, 0.4) is 0 Å². The third-order valence-electron chi connectivity index (χ3n) is 2.17. The first-order chi connectivity index (χ1) is 7.83. The molecule has 1 aromatic rings. The molecule has 0 aliphatic carbocycles. The Morgan fingerprint density at radius 1 is 1.41 bits per heavy atom. The smallest absolute Gasteiger partial charge is 0.399 e. The van der Waals surface area contributed by atoms with E-state index in [2.05, 4.69) is 0 Å². The largest absolute Gasteiger partial charge is 0.406 e. The molecule has 3 nitrogen and oxygen atoms in total. The fraction of sp³-hybridized carbons (Fsp3) is 0.364. The highest BCUT2D eigenvalue weighted by Gasteiger charge is 2.32. The summed E-state index contributed by atoms with van der Waals surface area (Å²) in [6.07, 6.45) is -4.40. The molecular weight excluding hydrogens is 233 g/mol. The fourth-order valence-corrected chi connectivity index (χ4v) is 1.40. The van der Waals surface area contributed by atoms with Crippen LogP contribution in [0.5, 0.6) is 0 Å². The molecule has 0 aliphatic rings. The number of carbonyl (C=O) groups excluding carboxylic acids is 1. The molecule has 0 saturated carbocycles. The molecule has 0 fully saturated rings. The van der Waals surface area contributed by atoms with Crippen LogP contribution in [0, 0.1) is 0 Å². The zero-order chi connectivity index (χ0) is 13.1. The van der Waals surface area contributed by atoms with Crippen molar-refractivity contribution in [3.8, 4) is 0 Å². The minimum absolute atomic E-state index is 0.00680. The Labute approximate surface area is 97.0 Å². The van der Waals surface area contributed by atoms with Crippen LogP contribution in [0.25, 0.3) is 0 Å². The zero-order valence-electron chi connectivity index (χ0n) is 9.29. The number of carbonyl (C=O) groups is 1. The lowest BCUT2D eigenvalue weighted by atomic mass is 10.2. The van der Waals surface area contributed by atoms with Gasteiger partial charge in [0.2, 0.25) is 0 Å². The van der Waals surface area contributed by atoms with Gasteiger partial charge in [0.05, 0.1) is 0 Å². The van der Waals surface area contributed by atoms with Crippen LogP contribution in [0.15, 0.2) is 24.3 Å². The number of anilines is 1. The SMILES string of the molecule is CCN(CC(F)(F)F)C(=O)c1cccc(N)c1. The lowest BCUT2D eigenvalue weighted by Gasteiger charge is -2.22. The van der Waals surface area contributed by atoms with Crippen molar-refractivity contribution in [3.63, 3.8) is 0 Å². The van der Waals surface area contributed by atoms with Crippen molar-refractivity contribution in [2.24, 2.45) is 0 Å². The summed E-state index contributed by atoms with van der Waals surface area (Å²) in [5.41, 5.74) is 5.98. The van der Waals surface area contributed by atoms with Gasteiger partial charge in [-0.15, -0.1) is 0 Å². The average Bonchev–Trinajstić information content (AvgIpc) is 2.23. The minimum Gasteiger partial charge on any atom is -0.399 e. The number of hydrogen-bond donors (Lipinski definition) is 1. The maximum Gasteiger partial charge on any atom is 0.406 e. The fourth-order valence-electron chi connectivity index (χ4n) is 1.40. The second-order valence-electron chi connectivity index (χ2n) is 3.56. The molecule has 0 saturated heterocycles. The first-order valence-corrected chi connectivity index (χ1v) is 5.05. The number of rotatable bonds is 3. The van der Waals surface area contributed by atoms with Gasteiger partial charge in [-0.1, -0.05) is 6.07 Å². The lowest BCUT2D eigenvalue weighted by Crippen LogP contribution is -2.38. The number of amides is 1. The molecule has 0 spiro atoms. The Morgan fingerprint density at radius 3 is 2.53 bits per heavy atom. The summed E-state index contributed by atoms with van der Waals surface area (Å²) >= 11 is 0. The molecular formula is C11H13F3N2O. The maximum atomic E-state index is 12.2. The van der Waals surface area contributed by atoms with Crippen molar-refractivity contribution in [1.82, 2.24) is 4.90 Å². The molecule has 6 heteroatoms. The van der Waals surface area contributed by atoms with Crippen LogP contribution in [-0.4, -0.2) is 30.1 Å². The number of halogens is 3. The topological polar surface area (TPSA) is 46.3 Å². The molecule has 0 atom stereocenters. The van der Waals surface area contributed by atoms with Crippen molar-refractivity contribution in [2.75, 3.05) is 18.8 Å². The molecule has 2 N–H and O–H groups in total. The van der Waals surface area contributed by atoms with E-state index in [1.54, 1.807) is 6.07 Å². The molecule has 0 unspecified atom stereocenters. The Hall–Kier alpha value is -1.72. The number of benzene rings is 1. The molecule has 0 aliphatic heterocycles. The van der Waals surface area contributed by atoms with E-state index in [0.717, 1.165) is 4.90 Å². The van der Waals surface area contributed by atoms with E-state index < -0.39 is 18.6 Å². The highest BCUT2D eigenvalue weighted by atomic mass is 19.4. The number of nitrogen functional groups attached to an aromatic ring is 1. The second kappa shape index (κ2) is 5.07. The molecule has 0 aromatic heterocycles. The van der Waals surface area contributed by atoms with Gasteiger partial charge in [-0.25, -0.2) is 0 Å². The molecule has 0 bridgehead atoms. The summed E-state index contributed by atoms with van der Waals surface area (Å²) < 4.78 is 36.7. The molecule has 94 valence electrons. The van der Waals surface area contributed by atoms with Crippen LogP contribution in [0.2, 0.25) is 0 Å². The normalized spacial score (nSPS) is 11.3. The summed E-state index contributed by atoms with van der Waals surface area (Å²) in [6, 6.07) is 5.90. The predicted octanol–water partition coefficient (Wildman–Crippen LogP) is 2.29. The van der Waals surface area contributed by atoms with Gasteiger partial charge in [-0.05, 0) is 25.1 Å². The molecule has 1 amide bonds. The summed E-state index contributed by atoms with van der Waals surface area (Å²) in [6.45, 7) is 0.236. The first kappa shape index (κ1) is 13.3. The van der Waals surface area contributed by atoms with E-state index in [9.17, 15) is 18.0 Å². The van der Waals surface area contributed by atoms with Crippen molar-refractivity contribution in [2.45, 2.75) is 13.1 Å². The summed E-state index contributed by atoms with van der Waals surface area (Å²) in [4.78, 5) is 12.5. The number of hydrogen-bond acceptors (Lipinski definition) is 2. The van der Waals surface area contributed by atoms with E-state index in [-0.39, 0.29) is 12.1 Å². The monoisotopic (exact) mass is 246 g/mol. The van der Waals surface area contributed by atoms with E-state index in [4.69, 9.17) is 5.73 Å². The molecule has 0 heterocycles. The third kappa shape index (κ3) is 3.97. The Morgan fingerprint density at radius 2 is 2.06 bits per heavy atom. The molecule has 0 radical (unpaired) electrons. The molecule has 17 heavy (non-hydrogen) atoms. The van der Waals surface area contributed by atoms with Crippen LogP contribution in [0.4, 0.5) is 18.9 Å². The van der Waals surface area contributed by atoms with Gasteiger partial charge in [0.25, 0.3) is 5.91 Å². The molecule has 1 aromatic carbocycles. The Balaban J connectivity index is 2.87. The quantitative estimate of drug-likeness (QED) is 0.832. The van der Waals surface area contributed by atoms with Crippen molar-refractivity contribution in [1.29, 1.82) is 0 Å². The van der Waals surface area contributed by atoms with Gasteiger partial charge in [-0.3, -0.25) is 4.79 Å². The molecule has 1 rings (SSSR count). The van der Waals surface area contributed by atoms with E-state index in [0.29, 0.717) is 5.69 Å². The van der Waals surface area contributed by atoms with E-state index in [1.807, 2.05) is 0 Å². The second-order valence-corrected chi connectivity index (χ2v) is 3.56. The summed E-state index contributed by atoms with van der Waals surface area (Å²) in [7, 11) is 0. The van der Waals surface area contributed by atoms with Gasteiger partial charge < -0.3 is 10.6 Å². The number of nitrogens with zero attached hydrogens (tertiary/aromatic N) is 1. The van der Waals surface area contributed by atoms with E-state index in [1.165, 1.54) is 25.1 Å². The summed E-state index contributed by atoms with van der Waals surface area (Å²) in [5, 5.41) is 0. The van der Waals surface area contributed by atoms with Crippen LogP contribution < -0.4 is 5.73 Å². The summed E-state index contributed by atoms with van der Waals surface area (Å²) in [5.74, 6) is -0.669. The van der Waals surface area contributed by atoms with Gasteiger partial charge >= 0.3 is 6.18 Å². The highest BCUT2D eigenvalue weighted by molar-refractivity contribution is 5.95. The third-order valence-corrected chi connectivity index (χ3v) is 2.17. The maximum absolute atomic E-state index is 12.2. The minimum atomic E-state index is -4.40. The Kier molecular flexibility index (Phi) is 3.98. The van der Waals surface area contributed by atoms with Gasteiger partial charge in [0, 0.05) is 17.8 Å². The highest BCUT2D eigenvalue weighted by Crippen LogP contribution is 2.18. The zero-order valence-corrected chi connectivity index (χ0v) is 9.29. The van der Waals surface area contributed by atoms with Gasteiger partial charge in [0.15, 0.2) is 0 Å². The van der Waals surface area contributed by atoms with Crippen LogP contribution >= 0.6 is 0 Å². The Bertz CT molecular complexity index is 404. The first-order valence-electron chi connectivity index (χ1n) is 5.05. The lowest BCUT2D eigenvalue weighted by molar-refractivity contribution is -0.140. The average molecular weight is 246 g/mol. The van der Waals surface area contributed by atoms with Crippen molar-refractivity contribution in [3.05, 3.63) is 29.8 Å². The van der Waals surface area contributed by atoms with Crippen molar-refractivity contribution >= 4 is 11.6 Å². The number of nitrogens with two attached hydrogens (primary N) is 1. The van der Waals surface area contributed by atoms with Crippen LogP contribution in [0.1, 0.15) is 17.3 Å². The van der Waals surface area contributed by atoms with Crippen molar-refractivity contribution < 1.29 is 18.0 Å².